The van der Waals surface area contributed by atoms with E-state index in [9.17, 15) is 58.8 Å². The van der Waals surface area contributed by atoms with E-state index in [0.29, 0.717) is 24.7 Å². The molecule has 2 aliphatic rings. The quantitative estimate of drug-likeness (QED) is 0.106. The molecule has 0 spiro atoms. The van der Waals surface area contributed by atoms with Crippen molar-refractivity contribution in [1.29, 1.82) is 0 Å². The molecule has 1 amide bonds. The third-order valence-corrected chi connectivity index (χ3v) is 10.6. The topological polar surface area (TPSA) is 156 Å². The van der Waals surface area contributed by atoms with Gasteiger partial charge in [-0.25, -0.2) is 0 Å². The number of carbonyl (C=O) groups excluding carboxylic acids is 3. The van der Waals surface area contributed by atoms with Gasteiger partial charge in [-0.15, -0.1) is 0 Å². The minimum Gasteiger partial charge on any atom is -0.462 e. The number of carbonyl (C=O) groups is 3. The van der Waals surface area contributed by atoms with Crippen LogP contribution >= 0.6 is 0 Å². The van der Waals surface area contributed by atoms with Crippen molar-refractivity contribution in [3.05, 3.63) is 0 Å². The fraction of sp³-hybridized carbons (Fsp3) is 0.903. The van der Waals surface area contributed by atoms with Crippen LogP contribution in [-0.2, 0) is 34.0 Å². The number of rotatable bonds is 15. The summed E-state index contributed by atoms with van der Waals surface area (Å²) in [6.07, 6.45) is -13.1. The van der Waals surface area contributed by atoms with Crippen molar-refractivity contribution >= 4 is 28.0 Å². The number of halogens is 6. The van der Waals surface area contributed by atoms with Crippen molar-refractivity contribution in [2.24, 2.45) is 28.6 Å². The third kappa shape index (κ3) is 10.7. The summed E-state index contributed by atoms with van der Waals surface area (Å²) in [7, 11) is -4.53. The van der Waals surface area contributed by atoms with E-state index >= 15 is 0 Å². The molecular formula is C31H49F6NO9S. The predicted molar refractivity (Wildman–Crippen MR) is 161 cm³/mol. The zero-order valence-corrected chi connectivity index (χ0v) is 29.2. The van der Waals surface area contributed by atoms with Gasteiger partial charge in [-0.3, -0.25) is 18.9 Å². The SMILES string of the molecule is CCC(CC(C)(CC(C)(C)C(=O)OC1CC2CCCC2C1)C(=O)OC(C)CC(O)(C(F)(F)F)C(F)(F)F)C(=O)NC(C)(C)CS(=O)(=O)O. The van der Waals surface area contributed by atoms with Gasteiger partial charge < -0.3 is 19.9 Å². The number of hydrogen-bond donors (Lipinski definition) is 3. The van der Waals surface area contributed by atoms with Crippen molar-refractivity contribution in [3.8, 4) is 0 Å². The largest absolute Gasteiger partial charge is 0.462 e. The zero-order chi connectivity index (χ0) is 37.3. The first-order valence-corrected chi connectivity index (χ1v) is 17.6. The van der Waals surface area contributed by atoms with Gasteiger partial charge in [-0.05, 0) is 85.5 Å². The molecule has 2 fully saturated rings. The second-order valence-electron chi connectivity index (χ2n) is 15.3. The van der Waals surface area contributed by atoms with Crippen LogP contribution in [0.5, 0.6) is 0 Å². The zero-order valence-electron chi connectivity index (χ0n) is 28.4. The molecule has 280 valence electrons. The smallest absolute Gasteiger partial charge is 0.426 e. The average molecular weight is 726 g/mol. The van der Waals surface area contributed by atoms with Crippen LogP contribution in [0.2, 0.25) is 0 Å². The van der Waals surface area contributed by atoms with Crippen LogP contribution in [0, 0.1) is 28.6 Å². The summed E-state index contributed by atoms with van der Waals surface area (Å²) in [5, 5.41) is 12.1. The summed E-state index contributed by atoms with van der Waals surface area (Å²) in [4.78, 5) is 40.5. The summed E-state index contributed by atoms with van der Waals surface area (Å²) in [6.45, 7) is 9.12. The number of aliphatic hydroxyl groups is 1. The lowest BCUT2D eigenvalue weighted by Gasteiger charge is -2.39. The molecule has 17 heteroatoms. The molecule has 2 saturated carbocycles. The maximum Gasteiger partial charge on any atom is 0.426 e. The molecule has 0 aromatic carbocycles. The molecule has 5 unspecified atom stereocenters. The van der Waals surface area contributed by atoms with E-state index in [0.717, 1.165) is 26.2 Å². The van der Waals surface area contributed by atoms with E-state index in [-0.39, 0.29) is 12.5 Å². The number of hydrogen-bond acceptors (Lipinski definition) is 8. The second kappa shape index (κ2) is 14.6. The normalized spacial score (nSPS) is 23.5. The first kappa shape index (κ1) is 42.0. The Morgan fingerprint density at radius 3 is 1.83 bits per heavy atom. The van der Waals surface area contributed by atoms with Crippen molar-refractivity contribution in [1.82, 2.24) is 5.32 Å². The Morgan fingerprint density at radius 1 is 0.896 bits per heavy atom. The van der Waals surface area contributed by atoms with Crippen LogP contribution in [0.1, 0.15) is 106 Å². The highest BCUT2D eigenvalue weighted by atomic mass is 32.2. The number of alkyl halides is 6. The lowest BCUT2D eigenvalue weighted by atomic mass is 9.69. The highest BCUT2D eigenvalue weighted by Crippen LogP contribution is 2.48. The Balaban J connectivity index is 2.38. The van der Waals surface area contributed by atoms with Crippen molar-refractivity contribution in [2.45, 2.75) is 142 Å². The third-order valence-electron chi connectivity index (χ3n) is 9.49. The first-order chi connectivity index (χ1) is 21.5. The Labute approximate surface area is 277 Å². The molecule has 2 aliphatic carbocycles. The molecule has 5 atom stereocenters. The molecule has 0 aromatic heterocycles. The summed E-state index contributed by atoms with van der Waals surface area (Å²) in [5.74, 6) is -3.85. The van der Waals surface area contributed by atoms with Crippen molar-refractivity contribution in [2.75, 3.05) is 5.75 Å². The molecular weight excluding hydrogens is 676 g/mol. The van der Waals surface area contributed by atoms with E-state index in [4.69, 9.17) is 9.47 Å². The van der Waals surface area contributed by atoms with Crippen LogP contribution in [0.15, 0.2) is 0 Å². The summed E-state index contributed by atoms with van der Waals surface area (Å²) in [6, 6.07) is 0. The first-order valence-electron chi connectivity index (χ1n) is 16.0. The molecule has 3 N–H and O–H groups in total. The predicted octanol–water partition coefficient (Wildman–Crippen LogP) is 5.91. The van der Waals surface area contributed by atoms with Crippen LogP contribution in [0.25, 0.3) is 0 Å². The van der Waals surface area contributed by atoms with E-state index in [1.54, 1.807) is 6.92 Å². The van der Waals surface area contributed by atoms with E-state index in [2.05, 4.69) is 5.32 Å². The van der Waals surface area contributed by atoms with Gasteiger partial charge in [0.1, 0.15) is 12.2 Å². The lowest BCUT2D eigenvalue weighted by molar-refractivity contribution is -0.373. The molecule has 0 radical (unpaired) electrons. The van der Waals surface area contributed by atoms with E-state index in [1.807, 2.05) is 0 Å². The summed E-state index contributed by atoms with van der Waals surface area (Å²) in [5.41, 5.74) is -10.0. The summed E-state index contributed by atoms with van der Waals surface area (Å²) >= 11 is 0. The van der Waals surface area contributed by atoms with Crippen LogP contribution in [-0.4, -0.2) is 77.4 Å². The van der Waals surface area contributed by atoms with E-state index < -0.39 is 99.3 Å². The minimum atomic E-state index is -6.15. The van der Waals surface area contributed by atoms with E-state index in [1.165, 1.54) is 34.6 Å². The van der Waals surface area contributed by atoms with Gasteiger partial charge in [-0.1, -0.05) is 26.2 Å². The Morgan fingerprint density at radius 2 is 1.40 bits per heavy atom. The number of esters is 2. The van der Waals surface area contributed by atoms with Crippen LogP contribution in [0.4, 0.5) is 26.3 Å². The molecule has 0 bridgehead atoms. The molecule has 2 rings (SSSR count). The van der Waals surface area contributed by atoms with Gasteiger partial charge >= 0.3 is 24.3 Å². The van der Waals surface area contributed by atoms with Crippen molar-refractivity contribution < 1.29 is 68.3 Å². The number of fused-ring (bicyclic) bond motifs is 1. The number of nitrogens with one attached hydrogen (secondary N) is 1. The Hall–Kier alpha value is -2.14. The Bertz CT molecular complexity index is 1260. The van der Waals surface area contributed by atoms with Crippen LogP contribution < -0.4 is 5.32 Å². The van der Waals surface area contributed by atoms with Gasteiger partial charge in [-0.2, -0.15) is 34.8 Å². The molecule has 10 nitrogen and oxygen atoms in total. The van der Waals surface area contributed by atoms with Gasteiger partial charge in [0.25, 0.3) is 15.7 Å². The van der Waals surface area contributed by atoms with Crippen molar-refractivity contribution in [3.63, 3.8) is 0 Å². The monoisotopic (exact) mass is 725 g/mol. The van der Waals surface area contributed by atoms with Gasteiger partial charge in [0.05, 0.1) is 22.1 Å². The molecule has 0 aliphatic heterocycles. The highest BCUT2D eigenvalue weighted by molar-refractivity contribution is 7.85. The minimum absolute atomic E-state index is 0.0316. The second-order valence-corrected chi connectivity index (χ2v) is 16.7. The molecule has 48 heavy (non-hydrogen) atoms. The maximum atomic E-state index is 13.7. The van der Waals surface area contributed by atoms with Crippen LogP contribution in [0.3, 0.4) is 0 Å². The average Bonchev–Trinajstić information content (AvgIpc) is 3.45. The molecule has 0 saturated heterocycles. The molecule has 0 heterocycles. The highest BCUT2D eigenvalue weighted by Gasteiger charge is 2.70. The maximum absolute atomic E-state index is 13.7. The number of ether oxygens (including phenoxy) is 2. The fourth-order valence-corrected chi connectivity index (χ4v) is 8.24. The van der Waals surface area contributed by atoms with Gasteiger partial charge in [0.15, 0.2) is 0 Å². The fourth-order valence-electron chi connectivity index (χ4n) is 7.26. The lowest BCUT2D eigenvalue weighted by Crippen LogP contribution is -2.58. The summed E-state index contributed by atoms with van der Waals surface area (Å²) < 4.78 is 123. The Kier molecular flexibility index (Phi) is 12.8. The standard InChI is InChI=1S/C31H49F6NO9S/c1-8-19(23(39)38-27(5,6)17-48(43,44)45)15-28(7,25(41)46-18(2)14-29(42,30(32,33)34)31(35,36)37)16-26(3,4)24(40)47-22-12-20-10-9-11-21(20)13-22/h18-22,42H,8-17H2,1-7H3,(H,38,39)(H,43,44,45). The van der Waals surface area contributed by atoms with Gasteiger partial charge in [0.2, 0.25) is 5.91 Å². The van der Waals surface area contributed by atoms with Gasteiger partial charge in [0, 0.05) is 12.3 Å². The number of amides is 1. The molecule has 0 aromatic rings.